The van der Waals surface area contributed by atoms with E-state index in [0.717, 1.165) is 25.0 Å². The number of hydrogen-bond donors (Lipinski definition) is 1. The van der Waals surface area contributed by atoms with Gasteiger partial charge in [-0.1, -0.05) is 25.5 Å². The van der Waals surface area contributed by atoms with Gasteiger partial charge in [0.05, 0.1) is 6.33 Å². The van der Waals surface area contributed by atoms with Crippen LogP contribution < -0.4 is 10.9 Å². The highest BCUT2D eigenvalue weighted by atomic mass is 16.2. The van der Waals surface area contributed by atoms with Crippen LogP contribution in [0.3, 0.4) is 0 Å². The van der Waals surface area contributed by atoms with Crippen molar-refractivity contribution in [2.45, 2.75) is 39.7 Å². The number of nitrogens with zero attached hydrogens (tertiary/aromatic N) is 2. The monoisotopic (exact) mass is 327 g/mol. The third-order valence-corrected chi connectivity index (χ3v) is 3.59. The molecule has 0 bridgehead atoms. The summed E-state index contributed by atoms with van der Waals surface area (Å²) >= 11 is 0. The van der Waals surface area contributed by atoms with Crippen LogP contribution in [0.1, 0.15) is 42.7 Å². The third-order valence-electron chi connectivity index (χ3n) is 3.59. The molecule has 0 aliphatic rings. The minimum absolute atomic E-state index is 0.0748. The number of aryl methyl sites for hydroxylation is 1. The Balaban J connectivity index is 2.03. The van der Waals surface area contributed by atoms with Gasteiger partial charge in [-0.25, -0.2) is 4.98 Å². The van der Waals surface area contributed by atoms with Crippen LogP contribution in [0, 0.1) is 0 Å². The van der Waals surface area contributed by atoms with E-state index < -0.39 is 0 Å². The Morgan fingerprint density at radius 2 is 2.04 bits per heavy atom. The Kier molecular flexibility index (Phi) is 6.01. The second-order valence-electron chi connectivity index (χ2n) is 5.64. The summed E-state index contributed by atoms with van der Waals surface area (Å²) in [6.07, 6.45) is 4.17. The minimum atomic E-state index is -0.346. The van der Waals surface area contributed by atoms with Gasteiger partial charge in [0.15, 0.2) is 5.78 Å². The molecular weight excluding hydrogens is 306 g/mol. The minimum Gasteiger partial charge on any atom is -0.325 e. The van der Waals surface area contributed by atoms with E-state index in [1.807, 2.05) is 0 Å². The predicted molar refractivity (Wildman–Crippen MR) is 92.2 cm³/mol. The third kappa shape index (κ3) is 4.87. The van der Waals surface area contributed by atoms with Crippen LogP contribution >= 0.6 is 0 Å². The highest BCUT2D eigenvalue weighted by molar-refractivity contribution is 5.97. The van der Waals surface area contributed by atoms with E-state index >= 15 is 0 Å². The molecule has 1 aromatic heterocycles. The molecule has 6 heteroatoms. The molecule has 0 unspecified atom stereocenters. The van der Waals surface area contributed by atoms with Crippen LogP contribution in [0.15, 0.2) is 41.5 Å². The van der Waals surface area contributed by atoms with E-state index in [4.69, 9.17) is 0 Å². The molecule has 0 aliphatic carbocycles. The number of aromatic nitrogens is 2. The highest BCUT2D eigenvalue weighted by Crippen LogP contribution is 2.11. The van der Waals surface area contributed by atoms with E-state index in [-0.39, 0.29) is 23.8 Å². The van der Waals surface area contributed by atoms with Crippen LogP contribution in [-0.2, 0) is 17.8 Å². The molecular formula is C18H21N3O3. The summed E-state index contributed by atoms with van der Waals surface area (Å²) in [5, 5.41) is 2.68. The van der Waals surface area contributed by atoms with Gasteiger partial charge >= 0.3 is 0 Å². The van der Waals surface area contributed by atoms with Gasteiger partial charge in [-0.2, -0.15) is 0 Å². The summed E-state index contributed by atoms with van der Waals surface area (Å²) in [7, 11) is 0. The summed E-state index contributed by atoms with van der Waals surface area (Å²) in [4.78, 5) is 39.7. The zero-order valence-corrected chi connectivity index (χ0v) is 13.9. The van der Waals surface area contributed by atoms with Crippen molar-refractivity contribution < 1.29 is 9.59 Å². The Labute approximate surface area is 140 Å². The number of unbranched alkanes of at least 4 members (excludes halogenated alkanes) is 1. The lowest BCUT2D eigenvalue weighted by atomic mass is 10.1. The molecule has 0 fully saturated rings. The number of amides is 1. The SMILES string of the molecule is CCCCc1cc(=O)n(CC(=O)Nc2cccc(C(C)=O)c2)cn1. The van der Waals surface area contributed by atoms with Gasteiger partial charge in [0.2, 0.25) is 5.91 Å². The van der Waals surface area contributed by atoms with Crippen molar-refractivity contribution in [3.63, 3.8) is 0 Å². The second-order valence-corrected chi connectivity index (χ2v) is 5.64. The first kappa shape index (κ1) is 17.6. The van der Waals surface area contributed by atoms with Crippen molar-refractivity contribution >= 4 is 17.4 Å². The van der Waals surface area contributed by atoms with Gasteiger partial charge in [0.25, 0.3) is 5.56 Å². The van der Waals surface area contributed by atoms with Crippen molar-refractivity contribution in [2.24, 2.45) is 0 Å². The van der Waals surface area contributed by atoms with E-state index in [2.05, 4.69) is 17.2 Å². The molecule has 0 atom stereocenters. The number of nitrogens with one attached hydrogen (secondary N) is 1. The topological polar surface area (TPSA) is 81.1 Å². The lowest BCUT2D eigenvalue weighted by molar-refractivity contribution is -0.116. The first-order valence-electron chi connectivity index (χ1n) is 7.96. The maximum Gasteiger partial charge on any atom is 0.253 e. The van der Waals surface area contributed by atoms with Gasteiger partial charge in [-0.3, -0.25) is 19.0 Å². The normalized spacial score (nSPS) is 10.4. The zero-order valence-electron chi connectivity index (χ0n) is 13.9. The Bertz CT molecular complexity index is 796. The summed E-state index contributed by atoms with van der Waals surface area (Å²) in [5.74, 6) is -0.421. The average molecular weight is 327 g/mol. The lowest BCUT2D eigenvalue weighted by Crippen LogP contribution is -2.28. The van der Waals surface area contributed by atoms with Gasteiger partial charge < -0.3 is 5.32 Å². The zero-order chi connectivity index (χ0) is 17.5. The van der Waals surface area contributed by atoms with Crippen molar-refractivity contribution in [3.8, 4) is 0 Å². The fourth-order valence-corrected chi connectivity index (χ4v) is 2.25. The van der Waals surface area contributed by atoms with Crippen LogP contribution in [0.2, 0.25) is 0 Å². The molecule has 24 heavy (non-hydrogen) atoms. The second kappa shape index (κ2) is 8.19. The number of benzene rings is 1. The Hall–Kier alpha value is -2.76. The van der Waals surface area contributed by atoms with E-state index in [1.54, 1.807) is 24.3 Å². The molecule has 0 saturated carbocycles. The number of anilines is 1. The lowest BCUT2D eigenvalue weighted by Gasteiger charge is -2.08. The highest BCUT2D eigenvalue weighted by Gasteiger charge is 2.08. The van der Waals surface area contributed by atoms with E-state index in [9.17, 15) is 14.4 Å². The predicted octanol–water partition coefficient (Wildman–Crippen LogP) is 2.43. The number of carbonyl (C=O) groups is 2. The van der Waals surface area contributed by atoms with Crippen LogP contribution in [0.4, 0.5) is 5.69 Å². The van der Waals surface area contributed by atoms with Gasteiger partial charge in [0.1, 0.15) is 6.54 Å². The maximum absolute atomic E-state index is 12.1. The standard InChI is InChI=1S/C18H21N3O3/c1-3-4-7-15-10-18(24)21(12-19-15)11-17(23)20-16-8-5-6-14(9-16)13(2)22/h5-6,8-10,12H,3-4,7,11H2,1-2H3,(H,20,23). The van der Waals surface area contributed by atoms with Crippen molar-refractivity contribution in [1.82, 2.24) is 9.55 Å². The van der Waals surface area contributed by atoms with E-state index in [1.165, 1.54) is 23.9 Å². The number of Topliss-reactive ketones (excluding diaryl/α,β-unsaturated/α-hetero) is 1. The molecule has 0 aliphatic heterocycles. The largest absolute Gasteiger partial charge is 0.325 e. The fourth-order valence-electron chi connectivity index (χ4n) is 2.25. The maximum atomic E-state index is 12.1. The molecule has 126 valence electrons. The van der Waals surface area contributed by atoms with Crippen molar-refractivity contribution in [2.75, 3.05) is 5.32 Å². The molecule has 2 aromatic rings. The summed E-state index contributed by atoms with van der Waals surface area (Å²) in [6.45, 7) is 3.42. The molecule has 1 heterocycles. The number of ketones is 1. The van der Waals surface area contributed by atoms with Crippen LogP contribution in [0.5, 0.6) is 0 Å². The molecule has 0 radical (unpaired) electrons. The molecule has 1 amide bonds. The van der Waals surface area contributed by atoms with Crippen molar-refractivity contribution in [3.05, 3.63) is 58.3 Å². The Morgan fingerprint density at radius 1 is 1.25 bits per heavy atom. The summed E-state index contributed by atoms with van der Waals surface area (Å²) in [5.41, 5.74) is 1.54. The molecule has 1 N–H and O–H groups in total. The quantitative estimate of drug-likeness (QED) is 0.792. The first-order valence-corrected chi connectivity index (χ1v) is 7.96. The smallest absolute Gasteiger partial charge is 0.253 e. The summed E-state index contributed by atoms with van der Waals surface area (Å²) < 4.78 is 1.26. The van der Waals surface area contributed by atoms with Crippen LogP contribution in [0.25, 0.3) is 0 Å². The van der Waals surface area contributed by atoms with Gasteiger partial charge in [-0.15, -0.1) is 0 Å². The summed E-state index contributed by atoms with van der Waals surface area (Å²) in [6, 6.07) is 8.15. The molecule has 1 aromatic carbocycles. The molecule has 0 saturated heterocycles. The van der Waals surface area contributed by atoms with Crippen LogP contribution in [-0.4, -0.2) is 21.2 Å². The number of hydrogen-bond acceptors (Lipinski definition) is 4. The Morgan fingerprint density at radius 3 is 2.71 bits per heavy atom. The molecule has 6 nitrogen and oxygen atoms in total. The van der Waals surface area contributed by atoms with E-state index in [0.29, 0.717) is 11.3 Å². The average Bonchev–Trinajstić information content (AvgIpc) is 2.55. The molecule has 2 rings (SSSR count). The fraction of sp³-hybridized carbons (Fsp3) is 0.333. The first-order chi connectivity index (χ1) is 11.5. The molecule has 0 spiro atoms. The van der Waals surface area contributed by atoms with Gasteiger partial charge in [0, 0.05) is 23.0 Å². The number of carbonyl (C=O) groups excluding carboxylic acids is 2. The number of rotatable bonds is 7. The van der Waals surface area contributed by atoms with Gasteiger partial charge in [-0.05, 0) is 31.9 Å². The van der Waals surface area contributed by atoms with Crippen molar-refractivity contribution in [1.29, 1.82) is 0 Å².